The van der Waals surface area contributed by atoms with Gasteiger partial charge in [-0.05, 0) is 42.2 Å². The van der Waals surface area contributed by atoms with E-state index in [2.05, 4.69) is 54.0 Å². The van der Waals surface area contributed by atoms with E-state index in [1.807, 2.05) is 13.1 Å². The lowest BCUT2D eigenvalue weighted by Crippen LogP contribution is -2.34. The Kier molecular flexibility index (Phi) is 3.79. The maximum atomic E-state index is 10.00. The summed E-state index contributed by atoms with van der Waals surface area (Å²) in [5, 5.41) is 0. The van der Waals surface area contributed by atoms with E-state index in [4.69, 9.17) is 0 Å². The first-order chi connectivity index (χ1) is 6.71. The quantitative estimate of drug-likeness (QED) is 0.835. The van der Waals surface area contributed by atoms with Crippen LogP contribution in [0.2, 0.25) is 19.1 Å². The number of rotatable bonds is 3. The van der Waals surface area contributed by atoms with E-state index in [1.54, 1.807) is 0 Å². The third kappa shape index (κ3) is 4.09. The molecule has 0 fully saturated rings. The number of hydrogen-bond donors (Lipinski definition) is 1. The van der Waals surface area contributed by atoms with Crippen LogP contribution in [0, 0.1) is 0 Å². The molecule has 0 radical (unpaired) electrons. The maximum absolute atomic E-state index is 10.00. The molecule has 0 atom stereocenters. The van der Waals surface area contributed by atoms with Crippen LogP contribution in [0.15, 0.2) is 28.7 Å². The normalized spacial score (nSPS) is 12.9. The fourth-order valence-electron chi connectivity index (χ4n) is 2.08. The first-order valence-electron chi connectivity index (χ1n) is 5.19. The largest absolute Gasteiger partial charge is 0.432 e. The fourth-order valence-corrected chi connectivity index (χ4v) is 4.72. The maximum Gasteiger partial charge on any atom is 0.183 e. The molecule has 0 saturated heterocycles. The molecular weight excluding hydrogens is 268 g/mol. The van der Waals surface area contributed by atoms with Crippen molar-refractivity contribution in [1.82, 2.24) is 0 Å². The molecule has 1 N–H and O–H groups in total. The van der Waals surface area contributed by atoms with Crippen LogP contribution >= 0.6 is 15.9 Å². The van der Waals surface area contributed by atoms with E-state index in [0.29, 0.717) is 0 Å². The van der Waals surface area contributed by atoms with Gasteiger partial charge < -0.3 is 4.80 Å². The third-order valence-electron chi connectivity index (χ3n) is 2.50. The van der Waals surface area contributed by atoms with Gasteiger partial charge in [-0.25, -0.2) is 0 Å². The van der Waals surface area contributed by atoms with Crippen LogP contribution in [0.1, 0.15) is 19.4 Å². The van der Waals surface area contributed by atoms with Gasteiger partial charge in [-0.2, -0.15) is 0 Å². The summed E-state index contributed by atoms with van der Waals surface area (Å²) < 4.78 is 1.10. The lowest BCUT2D eigenvalue weighted by molar-refractivity contribution is 0.494. The molecule has 84 valence electrons. The smallest absolute Gasteiger partial charge is 0.183 e. The zero-order chi connectivity index (χ0) is 11.7. The molecule has 0 unspecified atom stereocenters. The van der Waals surface area contributed by atoms with Crippen molar-refractivity contribution >= 4 is 24.2 Å². The Morgan fingerprint density at radius 1 is 1.20 bits per heavy atom. The number of halogens is 1. The van der Waals surface area contributed by atoms with Crippen molar-refractivity contribution in [2.75, 3.05) is 0 Å². The van der Waals surface area contributed by atoms with Gasteiger partial charge in [-0.15, -0.1) is 0 Å². The average molecular weight is 287 g/mol. The van der Waals surface area contributed by atoms with Gasteiger partial charge in [0.1, 0.15) is 0 Å². The molecule has 0 amide bonds. The summed E-state index contributed by atoms with van der Waals surface area (Å²) in [5.74, 6) is 0. The summed E-state index contributed by atoms with van der Waals surface area (Å²) in [6, 6.07) is 9.27. The lowest BCUT2D eigenvalue weighted by atomic mass is 9.87. The van der Waals surface area contributed by atoms with Gasteiger partial charge in [0.15, 0.2) is 8.32 Å². The lowest BCUT2D eigenvalue weighted by Gasteiger charge is -2.30. The Bertz CT molecular complexity index is 324. The predicted octanol–water partition coefficient (Wildman–Crippen LogP) is 3.92. The first kappa shape index (κ1) is 12.9. The summed E-state index contributed by atoms with van der Waals surface area (Å²) in [7, 11) is -2.00. The van der Waals surface area contributed by atoms with Gasteiger partial charge in [0, 0.05) is 4.47 Å². The summed E-state index contributed by atoms with van der Waals surface area (Å²) in [6.45, 7) is 8.38. The van der Waals surface area contributed by atoms with Crippen molar-refractivity contribution in [3.05, 3.63) is 34.3 Å². The van der Waals surface area contributed by atoms with E-state index < -0.39 is 8.32 Å². The minimum Gasteiger partial charge on any atom is -0.432 e. The average Bonchev–Trinajstić information content (AvgIpc) is 2.00. The number of hydrogen-bond acceptors (Lipinski definition) is 1. The van der Waals surface area contributed by atoms with E-state index in [9.17, 15) is 4.80 Å². The van der Waals surface area contributed by atoms with Crippen molar-refractivity contribution in [2.24, 2.45) is 0 Å². The minimum atomic E-state index is -2.00. The second-order valence-corrected chi connectivity index (χ2v) is 10.3. The van der Waals surface area contributed by atoms with Crippen LogP contribution in [-0.4, -0.2) is 13.1 Å². The summed E-state index contributed by atoms with van der Waals surface area (Å²) in [5.41, 5.74) is 1.35. The zero-order valence-corrected chi connectivity index (χ0v) is 12.4. The van der Waals surface area contributed by atoms with Crippen LogP contribution in [-0.2, 0) is 5.41 Å². The Balaban J connectivity index is 2.90. The summed E-state index contributed by atoms with van der Waals surface area (Å²) >= 11 is 3.43. The monoisotopic (exact) mass is 286 g/mol. The van der Waals surface area contributed by atoms with Crippen molar-refractivity contribution in [2.45, 2.75) is 38.4 Å². The van der Waals surface area contributed by atoms with Gasteiger partial charge in [0.2, 0.25) is 0 Å². The molecule has 15 heavy (non-hydrogen) atoms. The van der Waals surface area contributed by atoms with Crippen LogP contribution in [0.3, 0.4) is 0 Å². The topological polar surface area (TPSA) is 20.2 Å². The summed E-state index contributed by atoms with van der Waals surface area (Å²) in [6.07, 6.45) is 0. The molecule has 1 nitrogen and oxygen atoms in total. The Hall–Kier alpha value is -0.123. The molecule has 0 aliphatic carbocycles. The third-order valence-corrected chi connectivity index (χ3v) is 4.78. The molecule has 3 heteroatoms. The van der Waals surface area contributed by atoms with E-state index >= 15 is 0 Å². The van der Waals surface area contributed by atoms with Gasteiger partial charge in [0.05, 0.1) is 0 Å². The minimum absolute atomic E-state index is 0.0607. The number of benzene rings is 1. The molecule has 0 aliphatic heterocycles. The van der Waals surface area contributed by atoms with Crippen LogP contribution in [0.25, 0.3) is 0 Å². The van der Waals surface area contributed by atoms with Crippen LogP contribution < -0.4 is 0 Å². The summed E-state index contributed by atoms with van der Waals surface area (Å²) in [4.78, 5) is 10.00. The SMILES string of the molecule is CC(C)(C[Si](C)(C)O)c1ccc(Br)cc1. The van der Waals surface area contributed by atoms with Gasteiger partial charge in [-0.3, -0.25) is 0 Å². The van der Waals surface area contributed by atoms with Gasteiger partial charge in [-0.1, -0.05) is 41.9 Å². The molecular formula is C12H19BrOSi. The molecule has 0 spiro atoms. The molecule has 0 aromatic heterocycles. The van der Waals surface area contributed by atoms with Gasteiger partial charge >= 0.3 is 0 Å². The molecule has 0 saturated carbocycles. The van der Waals surface area contributed by atoms with Crippen molar-refractivity contribution in [3.8, 4) is 0 Å². The van der Waals surface area contributed by atoms with Crippen LogP contribution in [0.5, 0.6) is 0 Å². The van der Waals surface area contributed by atoms with E-state index in [0.717, 1.165) is 10.5 Å². The first-order valence-corrected chi connectivity index (χ1v) is 9.14. The molecule has 0 aliphatic rings. The van der Waals surface area contributed by atoms with Gasteiger partial charge in [0.25, 0.3) is 0 Å². The Labute approximate surface area is 102 Å². The highest BCUT2D eigenvalue weighted by molar-refractivity contribution is 9.10. The predicted molar refractivity (Wildman–Crippen MR) is 71.7 cm³/mol. The zero-order valence-electron chi connectivity index (χ0n) is 9.84. The second kappa shape index (κ2) is 4.40. The second-order valence-electron chi connectivity index (χ2n) is 5.38. The highest BCUT2D eigenvalue weighted by Gasteiger charge is 2.30. The van der Waals surface area contributed by atoms with E-state index in [-0.39, 0.29) is 5.41 Å². The Morgan fingerprint density at radius 2 is 1.67 bits per heavy atom. The highest BCUT2D eigenvalue weighted by atomic mass is 79.9. The molecule has 0 heterocycles. The molecule has 1 rings (SSSR count). The molecule has 1 aromatic carbocycles. The van der Waals surface area contributed by atoms with E-state index in [1.165, 1.54) is 5.56 Å². The molecule has 0 bridgehead atoms. The standard InChI is InChI=1S/C12H19BrOSi/c1-12(2,9-15(3,4)14)10-5-7-11(13)8-6-10/h5-8,14H,9H2,1-4H3. The molecule has 1 aromatic rings. The fraction of sp³-hybridized carbons (Fsp3) is 0.500. The van der Waals surface area contributed by atoms with Crippen LogP contribution in [0.4, 0.5) is 0 Å². The highest BCUT2D eigenvalue weighted by Crippen LogP contribution is 2.32. The Morgan fingerprint density at radius 3 is 2.07 bits per heavy atom. The van der Waals surface area contributed by atoms with Crippen molar-refractivity contribution in [3.63, 3.8) is 0 Å². The van der Waals surface area contributed by atoms with Crippen molar-refractivity contribution in [1.29, 1.82) is 0 Å². The van der Waals surface area contributed by atoms with Crippen molar-refractivity contribution < 1.29 is 4.80 Å².